The zero-order chi connectivity index (χ0) is 20.8. The minimum absolute atomic E-state index is 0.0352. The Balaban J connectivity index is 1.33. The van der Waals surface area contributed by atoms with Gasteiger partial charge in [-0.1, -0.05) is 60.3 Å². The van der Waals surface area contributed by atoms with E-state index in [2.05, 4.69) is 20.5 Å². The molecule has 0 saturated heterocycles. The number of anilines is 1. The first-order valence-corrected chi connectivity index (χ1v) is 10.3. The molecule has 4 rings (SSSR count). The van der Waals surface area contributed by atoms with Crippen LogP contribution < -0.4 is 5.32 Å². The Kier molecular flexibility index (Phi) is 6.01. The number of hydrogen-bond donors (Lipinski definition) is 2. The number of H-pyrrole nitrogens is 1. The number of hydrogen-bond acceptors (Lipinski definition) is 5. The SMILES string of the molecule is O=C(CSc1n[nH]c(-c2ccccc2)n1)c1ccc(NC(=O)c2ccccc2)cc1. The van der Waals surface area contributed by atoms with Gasteiger partial charge in [-0.25, -0.2) is 4.98 Å². The van der Waals surface area contributed by atoms with Crippen molar-refractivity contribution in [3.63, 3.8) is 0 Å². The van der Waals surface area contributed by atoms with Gasteiger partial charge in [-0.3, -0.25) is 14.7 Å². The Morgan fingerprint density at radius 3 is 2.20 bits per heavy atom. The highest BCUT2D eigenvalue weighted by Crippen LogP contribution is 2.20. The van der Waals surface area contributed by atoms with E-state index in [0.717, 1.165) is 5.56 Å². The number of benzene rings is 3. The standard InChI is InChI=1S/C23H18N4O2S/c28-20(15-30-23-25-21(26-27-23)17-7-3-1-4-8-17)16-11-13-19(14-12-16)24-22(29)18-9-5-2-6-10-18/h1-14H,15H2,(H,24,29)(H,25,26,27). The van der Waals surface area contributed by atoms with E-state index < -0.39 is 0 Å². The van der Waals surface area contributed by atoms with Gasteiger partial charge in [0.1, 0.15) is 0 Å². The monoisotopic (exact) mass is 414 g/mol. The molecule has 4 aromatic rings. The van der Waals surface area contributed by atoms with Gasteiger partial charge in [-0.2, -0.15) is 0 Å². The molecule has 1 amide bonds. The van der Waals surface area contributed by atoms with Crippen LogP contribution in [0.1, 0.15) is 20.7 Å². The van der Waals surface area contributed by atoms with Gasteiger partial charge in [0.25, 0.3) is 5.91 Å². The second kappa shape index (κ2) is 9.19. The van der Waals surface area contributed by atoms with Gasteiger partial charge in [-0.05, 0) is 36.4 Å². The molecule has 0 saturated carbocycles. The van der Waals surface area contributed by atoms with Gasteiger partial charge in [0.05, 0.1) is 5.75 Å². The summed E-state index contributed by atoms with van der Waals surface area (Å²) in [5, 5.41) is 10.4. The van der Waals surface area contributed by atoms with Crippen molar-refractivity contribution in [2.24, 2.45) is 0 Å². The number of rotatable bonds is 7. The molecule has 2 N–H and O–H groups in total. The lowest BCUT2D eigenvalue weighted by Gasteiger charge is -2.06. The third-order valence-electron chi connectivity index (χ3n) is 4.35. The van der Waals surface area contributed by atoms with Crippen LogP contribution >= 0.6 is 11.8 Å². The van der Waals surface area contributed by atoms with E-state index in [-0.39, 0.29) is 17.4 Å². The summed E-state index contributed by atoms with van der Waals surface area (Å²) in [6, 6.07) is 25.5. The molecule has 0 bridgehead atoms. The predicted octanol–water partition coefficient (Wildman–Crippen LogP) is 4.70. The first-order valence-electron chi connectivity index (χ1n) is 9.29. The summed E-state index contributed by atoms with van der Waals surface area (Å²) in [5.41, 5.74) is 2.72. The molecule has 0 spiro atoms. The van der Waals surface area contributed by atoms with Crippen LogP contribution in [0.4, 0.5) is 5.69 Å². The minimum Gasteiger partial charge on any atom is -0.322 e. The molecule has 0 unspecified atom stereocenters. The van der Waals surface area contributed by atoms with Crippen molar-refractivity contribution >= 4 is 29.1 Å². The number of carbonyl (C=O) groups is 2. The summed E-state index contributed by atoms with van der Waals surface area (Å²) < 4.78 is 0. The van der Waals surface area contributed by atoms with E-state index in [1.807, 2.05) is 48.5 Å². The molecule has 7 heteroatoms. The summed E-state index contributed by atoms with van der Waals surface area (Å²) in [7, 11) is 0. The molecule has 0 atom stereocenters. The minimum atomic E-state index is -0.191. The quantitative estimate of drug-likeness (QED) is 0.338. The Morgan fingerprint density at radius 1 is 0.833 bits per heavy atom. The third kappa shape index (κ3) is 4.82. The molecule has 3 aromatic carbocycles. The van der Waals surface area contributed by atoms with Gasteiger partial charge >= 0.3 is 0 Å². The zero-order valence-electron chi connectivity index (χ0n) is 15.9. The molecule has 0 aliphatic carbocycles. The summed E-state index contributed by atoms with van der Waals surface area (Å²) in [4.78, 5) is 29.1. The number of ketones is 1. The van der Waals surface area contributed by atoms with E-state index in [9.17, 15) is 9.59 Å². The molecular weight excluding hydrogens is 396 g/mol. The van der Waals surface area contributed by atoms with E-state index >= 15 is 0 Å². The Morgan fingerprint density at radius 2 is 1.50 bits per heavy atom. The lowest BCUT2D eigenvalue weighted by atomic mass is 10.1. The third-order valence-corrected chi connectivity index (χ3v) is 5.19. The molecule has 6 nitrogen and oxygen atoms in total. The topological polar surface area (TPSA) is 87.7 Å². The number of aromatic nitrogens is 3. The smallest absolute Gasteiger partial charge is 0.255 e. The number of amides is 1. The summed E-state index contributed by atoms with van der Waals surface area (Å²) in [6.07, 6.45) is 0. The van der Waals surface area contributed by atoms with Gasteiger partial charge in [0, 0.05) is 22.4 Å². The largest absolute Gasteiger partial charge is 0.322 e. The van der Waals surface area contributed by atoms with Crippen molar-refractivity contribution in [1.29, 1.82) is 0 Å². The lowest BCUT2D eigenvalue weighted by Crippen LogP contribution is -2.11. The van der Waals surface area contributed by atoms with Crippen molar-refractivity contribution in [2.75, 3.05) is 11.1 Å². The average Bonchev–Trinajstić information content (AvgIpc) is 3.28. The Hall–Kier alpha value is -3.71. The second-order valence-corrected chi connectivity index (χ2v) is 7.38. The van der Waals surface area contributed by atoms with Crippen LogP contribution in [0.2, 0.25) is 0 Å². The lowest BCUT2D eigenvalue weighted by molar-refractivity contribution is 0.101. The van der Waals surface area contributed by atoms with E-state index in [1.165, 1.54) is 11.8 Å². The fraction of sp³-hybridized carbons (Fsp3) is 0.0435. The molecule has 0 aliphatic rings. The van der Waals surface area contributed by atoms with Gasteiger partial charge < -0.3 is 5.32 Å². The number of thioether (sulfide) groups is 1. The first kappa shape index (κ1) is 19.6. The number of nitrogens with zero attached hydrogens (tertiary/aromatic N) is 2. The number of nitrogens with one attached hydrogen (secondary N) is 2. The normalized spacial score (nSPS) is 10.5. The fourth-order valence-corrected chi connectivity index (χ4v) is 3.47. The van der Waals surface area contributed by atoms with Crippen molar-refractivity contribution < 1.29 is 9.59 Å². The van der Waals surface area contributed by atoms with Crippen LogP contribution in [0.25, 0.3) is 11.4 Å². The molecule has 0 fully saturated rings. The maximum atomic E-state index is 12.5. The summed E-state index contributed by atoms with van der Waals surface area (Å²) in [6.45, 7) is 0. The second-order valence-electron chi connectivity index (χ2n) is 6.44. The van der Waals surface area contributed by atoms with Crippen molar-refractivity contribution in [3.8, 4) is 11.4 Å². The van der Waals surface area contributed by atoms with Crippen LogP contribution in [0.5, 0.6) is 0 Å². The van der Waals surface area contributed by atoms with Crippen LogP contribution in [-0.4, -0.2) is 32.6 Å². The highest BCUT2D eigenvalue weighted by molar-refractivity contribution is 7.99. The number of Topliss-reactive ketones (excluding diaryl/α,β-unsaturated/α-hetero) is 1. The van der Waals surface area contributed by atoms with Gasteiger partial charge in [0.2, 0.25) is 5.16 Å². The van der Waals surface area contributed by atoms with Crippen molar-refractivity contribution in [2.45, 2.75) is 5.16 Å². The number of carbonyl (C=O) groups excluding carboxylic acids is 2. The van der Waals surface area contributed by atoms with Crippen LogP contribution in [0, 0.1) is 0 Å². The molecule has 148 valence electrons. The van der Waals surface area contributed by atoms with E-state index in [1.54, 1.807) is 36.4 Å². The Labute approximate surface area is 177 Å². The van der Waals surface area contributed by atoms with Crippen LogP contribution in [-0.2, 0) is 0 Å². The van der Waals surface area contributed by atoms with Gasteiger partial charge in [-0.15, -0.1) is 5.10 Å². The van der Waals surface area contributed by atoms with Crippen molar-refractivity contribution in [3.05, 3.63) is 96.1 Å². The molecule has 0 radical (unpaired) electrons. The maximum absolute atomic E-state index is 12.5. The molecule has 30 heavy (non-hydrogen) atoms. The van der Waals surface area contributed by atoms with Crippen LogP contribution in [0.15, 0.2) is 90.1 Å². The number of aromatic amines is 1. The zero-order valence-corrected chi connectivity index (χ0v) is 16.7. The summed E-state index contributed by atoms with van der Waals surface area (Å²) in [5.74, 6) is 0.669. The fourth-order valence-electron chi connectivity index (χ4n) is 2.78. The molecule has 1 aromatic heterocycles. The van der Waals surface area contributed by atoms with Crippen LogP contribution in [0.3, 0.4) is 0 Å². The van der Waals surface area contributed by atoms with Crippen molar-refractivity contribution in [1.82, 2.24) is 15.2 Å². The van der Waals surface area contributed by atoms with E-state index in [0.29, 0.717) is 27.8 Å². The molecule has 1 heterocycles. The summed E-state index contributed by atoms with van der Waals surface area (Å²) >= 11 is 1.28. The Bertz CT molecular complexity index is 1140. The molecular formula is C23H18N4O2S. The predicted molar refractivity (Wildman–Crippen MR) is 118 cm³/mol. The van der Waals surface area contributed by atoms with E-state index in [4.69, 9.17) is 0 Å². The highest BCUT2D eigenvalue weighted by atomic mass is 32.2. The highest BCUT2D eigenvalue weighted by Gasteiger charge is 2.11. The molecule has 0 aliphatic heterocycles. The maximum Gasteiger partial charge on any atom is 0.255 e. The van der Waals surface area contributed by atoms with Gasteiger partial charge in [0.15, 0.2) is 11.6 Å². The first-order chi connectivity index (χ1) is 14.7. The average molecular weight is 414 g/mol.